The first kappa shape index (κ1) is 16.8. The molecule has 26 heavy (non-hydrogen) atoms. The highest BCUT2D eigenvalue weighted by Gasteiger charge is 2.21. The summed E-state index contributed by atoms with van der Waals surface area (Å²) in [5.41, 5.74) is 0.874. The lowest BCUT2D eigenvalue weighted by atomic mass is 10.1. The van der Waals surface area contributed by atoms with Crippen LogP contribution in [-0.2, 0) is 11.2 Å². The zero-order valence-electron chi connectivity index (χ0n) is 14.3. The molecule has 2 heterocycles. The molecule has 2 aromatic heterocycles. The Bertz CT molecular complexity index is 972. The Morgan fingerprint density at radius 2 is 1.92 bits per heavy atom. The van der Waals surface area contributed by atoms with Gasteiger partial charge in [0.1, 0.15) is 5.58 Å². The number of fused-ring (bicyclic) bond motifs is 1. The molecule has 1 saturated carbocycles. The molecule has 1 fully saturated rings. The third-order valence-corrected chi connectivity index (χ3v) is 5.57. The van der Waals surface area contributed by atoms with E-state index in [0.717, 1.165) is 23.1 Å². The molecule has 1 amide bonds. The lowest BCUT2D eigenvalue weighted by molar-refractivity contribution is -0.115. The second-order valence-electron chi connectivity index (χ2n) is 6.57. The van der Waals surface area contributed by atoms with E-state index >= 15 is 0 Å². The molecule has 0 unspecified atom stereocenters. The molecule has 0 saturated heterocycles. The molecular formula is C20H20N2O3S. The quantitative estimate of drug-likeness (QED) is 0.655. The topological polar surface area (TPSA) is 71.3 Å². The van der Waals surface area contributed by atoms with Crippen LogP contribution in [0, 0.1) is 0 Å². The summed E-state index contributed by atoms with van der Waals surface area (Å²) in [6, 6.07) is 11.5. The van der Waals surface area contributed by atoms with Gasteiger partial charge in [0.25, 0.3) is 0 Å². The number of benzene rings is 1. The number of nitrogens with one attached hydrogen (secondary N) is 2. The maximum absolute atomic E-state index is 12.5. The van der Waals surface area contributed by atoms with Crippen LogP contribution >= 0.6 is 11.3 Å². The number of hydrogen-bond donors (Lipinski definition) is 2. The molecule has 5 nitrogen and oxygen atoms in total. The van der Waals surface area contributed by atoms with Crippen LogP contribution in [-0.4, -0.2) is 11.9 Å². The van der Waals surface area contributed by atoms with Gasteiger partial charge in [-0.2, -0.15) is 0 Å². The Morgan fingerprint density at radius 3 is 2.69 bits per heavy atom. The van der Waals surface area contributed by atoms with Gasteiger partial charge in [-0.1, -0.05) is 31.0 Å². The number of anilines is 2. The zero-order valence-corrected chi connectivity index (χ0v) is 15.1. The fourth-order valence-corrected chi connectivity index (χ4v) is 4.15. The van der Waals surface area contributed by atoms with Crippen molar-refractivity contribution < 1.29 is 9.21 Å². The molecule has 6 heteroatoms. The third kappa shape index (κ3) is 3.51. The predicted octanol–water partition coefficient (Wildman–Crippen LogP) is 4.39. The Balaban J connectivity index is 1.70. The van der Waals surface area contributed by atoms with Crippen molar-refractivity contribution >= 4 is 39.6 Å². The van der Waals surface area contributed by atoms with Crippen LogP contribution in [0.2, 0.25) is 0 Å². The highest BCUT2D eigenvalue weighted by Crippen LogP contribution is 2.32. The van der Waals surface area contributed by atoms with Crippen molar-refractivity contribution in [1.29, 1.82) is 0 Å². The highest BCUT2D eigenvalue weighted by molar-refractivity contribution is 7.10. The Morgan fingerprint density at radius 1 is 1.12 bits per heavy atom. The van der Waals surface area contributed by atoms with Gasteiger partial charge in [0.2, 0.25) is 5.91 Å². The minimum atomic E-state index is -0.524. The van der Waals surface area contributed by atoms with Gasteiger partial charge in [-0.25, -0.2) is 4.79 Å². The maximum atomic E-state index is 12.5. The average molecular weight is 368 g/mol. The maximum Gasteiger partial charge on any atom is 0.362 e. The number of carbonyl (C=O) groups is 1. The summed E-state index contributed by atoms with van der Waals surface area (Å²) in [6.07, 6.45) is 4.73. The van der Waals surface area contributed by atoms with E-state index in [1.165, 1.54) is 24.2 Å². The van der Waals surface area contributed by atoms with Gasteiger partial charge < -0.3 is 15.1 Å². The van der Waals surface area contributed by atoms with Gasteiger partial charge in [-0.05, 0) is 36.4 Å². The first-order valence-electron chi connectivity index (χ1n) is 8.85. The fourth-order valence-electron chi connectivity index (χ4n) is 3.44. The number of hydrogen-bond acceptors (Lipinski definition) is 5. The van der Waals surface area contributed by atoms with Crippen molar-refractivity contribution in [2.45, 2.75) is 38.1 Å². The Hall–Kier alpha value is -2.60. The van der Waals surface area contributed by atoms with E-state index in [0.29, 0.717) is 17.3 Å². The van der Waals surface area contributed by atoms with Crippen LogP contribution in [0.5, 0.6) is 0 Å². The normalized spacial score (nSPS) is 14.6. The SMILES string of the molecule is O=C(Cc1cccs1)Nc1c(NC2CCCC2)c2ccccc2oc1=O. The monoisotopic (exact) mass is 368 g/mol. The number of amides is 1. The molecule has 0 spiro atoms. The summed E-state index contributed by atoms with van der Waals surface area (Å²) in [4.78, 5) is 25.9. The second-order valence-corrected chi connectivity index (χ2v) is 7.60. The van der Waals surface area contributed by atoms with Gasteiger partial charge in [0.05, 0.1) is 12.1 Å². The molecule has 0 bridgehead atoms. The zero-order chi connectivity index (χ0) is 17.9. The van der Waals surface area contributed by atoms with Crippen LogP contribution in [0.1, 0.15) is 30.6 Å². The standard InChI is InChI=1S/C20H20N2O3S/c23-17(12-14-8-5-11-26-14)22-19-18(21-13-6-1-2-7-13)15-9-3-4-10-16(15)25-20(19)24/h3-5,8-11,13,21H,1-2,6-7,12H2,(H,22,23). The van der Waals surface area contributed by atoms with Gasteiger partial charge in [0, 0.05) is 16.3 Å². The Labute approximate surface area is 155 Å². The molecule has 4 rings (SSSR count). The summed E-state index contributed by atoms with van der Waals surface area (Å²) in [6.45, 7) is 0. The van der Waals surface area contributed by atoms with Crippen molar-refractivity contribution in [1.82, 2.24) is 0 Å². The minimum absolute atomic E-state index is 0.206. The fraction of sp³-hybridized carbons (Fsp3) is 0.300. The average Bonchev–Trinajstić information content (AvgIpc) is 3.32. The van der Waals surface area contributed by atoms with Crippen LogP contribution in [0.4, 0.5) is 11.4 Å². The smallest absolute Gasteiger partial charge is 0.362 e. The highest BCUT2D eigenvalue weighted by atomic mass is 32.1. The van der Waals surface area contributed by atoms with E-state index in [-0.39, 0.29) is 18.0 Å². The van der Waals surface area contributed by atoms with Crippen molar-refractivity contribution in [3.63, 3.8) is 0 Å². The molecule has 1 aliphatic rings. The molecule has 0 atom stereocenters. The van der Waals surface area contributed by atoms with Crippen LogP contribution < -0.4 is 16.3 Å². The first-order valence-corrected chi connectivity index (χ1v) is 9.73. The van der Waals surface area contributed by atoms with E-state index in [1.807, 2.05) is 35.7 Å². The number of para-hydroxylation sites is 1. The molecular weight excluding hydrogens is 348 g/mol. The van der Waals surface area contributed by atoms with Gasteiger partial charge >= 0.3 is 5.63 Å². The van der Waals surface area contributed by atoms with E-state index in [4.69, 9.17) is 4.42 Å². The van der Waals surface area contributed by atoms with Crippen molar-refractivity contribution in [2.24, 2.45) is 0 Å². The van der Waals surface area contributed by atoms with Crippen LogP contribution in [0.15, 0.2) is 51.0 Å². The molecule has 3 aromatic rings. The van der Waals surface area contributed by atoms with Gasteiger partial charge in [-0.15, -0.1) is 11.3 Å². The lowest BCUT2D eigenvalue weighted by Gasteiger charge is -2.18. The van der Waals surface area contributed by atoms with E-state index in [2.05, 4.69) is 10.6 Å². The van der Waals surface area contributed by atoms with Gasteiger partial charge in [0.15, 0.2) is 5.69 Å². The van der Waals surface area contributed by atoms with Crippen LogP contribution in [0.25, 0.3) is 11.0 Å². The number of thiophene rings is 1. The summed E-state index contributed by atoms with van der Waals surface area (Å²) < 4.78 is 5.43. The molecule has 0 radical (unpaired) electrons. The van der Waals surface area contributed by atoms with E-state index in [1.54, 1.807) is 6.07 Å². The van der Waals surface area contributed by atoms with E-state index in [9.17, 15) is 9.59 Å². The lowest BCUT2D eigenvalue weighted by Crippen LogP contribution is -2.23. The summed E-state index contributed by atoms with van der Waals surface area (Å²) in [5, 5.41) is 9.01. The number of rotatable bonds is 5. The summed E-state index contributed by atoms with van der Waals surface area (Å²) in [5.74, 6) is -0.218. The molecule has 1 aromatic carbocycles. The van der Waals surface area contributed by atoms with Crippen LogP contribution in [0.3, 0.4) is 0 Å². The summed E-state index contributed by atoms with van der Waals surface area (Å²) >= 11 is 1.52. The largest absolute Gasteiger partial charge is 0.421 e. The van der Waals surface area contributed by atoms with E-state index < -0.39 is 5.63 Å². The molecule has 134 valence electrons. The summed E-state index contributed by atoms with van der Waals surface area (Å²) in [7, 11) is 0. The number of carbonyl (C=O) groups excluding carboxylic acids is 1. The first-order chi connectivity index (χ1) is 12.7. The van der Waals surface area contributed by atoms with Crippen molar-refractivity contribution in [3.05, 3.63) is 57.1 Å². The minimum Gasteiger partial charge on any atom is -0.421 e. The third-order valence-electron chi connectivity index (χ3n) is 4.70. The molecule has 0 aliphatic heterocycles. The van der Waals surface area contributed by atoms with Gasteiger partial charge in [-0.3, -0.25) is 4.79 Å². The Kier molecular flexibility index (Phi) is 4.75. The molecule has 2 N–H and O–H groups in total. The second kappa shape index (κ2) is 7.33. The molecule has 1 aliphatic carbocycles. The van der Waals surface area contributed by atoms with Crippen molar-refractivity contribution in [2.75, 3.05) is 10.6 Å². The van der Waals surface area contributed by atoms with Crippen molar-refractivity contribution in [3.8, 4) is 0 Å². The predicted molar refractivity (Wildman–Crippen MR) is 105 cm³/mol.